The minimum absolute atomic E-state index is 0.144. The van der Waals surface area contributed by atoms with E-state index in [4.69, 9.17) is 0 Å². The van der Waals surface area contributed by atoms with E-state index < -0.39 is 0 Å². The molecular formula is C13H19N3O. The SMILES string of the molecule is CNC(=O)C1CCCN(Cc2cccnc2)C1. The third kappa shape index (κ3) is 3.27. The van der Waals surface area contributed by atoms with Crippen LogP contribution >= 0.6 is 0 Å². The Bertz CT molecular complexity index is 366. The van der Waals surface area contributed by atoms with Crippen LogP contribution in [0.15, 0.2) is 24.5 Å². The number of amides is 1. The largest absolute Gasteiger partial charge is 0.359 e. The van der Waals surface area contributed by atoms with Gasteiger partial charge in [-0.25, -0.2) is 0 Å². The Kier molecular flexibility index (Phi) is 4.09. The van der Waals surface area contributed by atoms with Crippen molar-refractivity contribution in [2.45, 2.75) is 19.4 Å². The predicted octanol–water partition coefficient (Wildman–Crippen LogP) is 1.04. The first-order valence-electron chi connectivity index (χ1n) is 6.12. The van der Waals surface area contributed by atoms with Gasteiger partial charge in [0.2, 0.25) is 5.91 Å². The fourth-order valence-corrected chi connectivity index (χ4v) is 2.37. The minimum Gasteiger partial charge on any atom is -0.359 e. The second kappa shape index (κ2) is 5.77. The van der Waals surface area contributed by atoms with Crippen molar-refractivity contribution < 1.29 is 4.79 Å². The summed E-state index contributed by atoms with van der Waals surface area (Å²) in [5.41, 5.74) is 1.21. The van der Waals surface area contributed by atoms with Crippen LogP contribution in [-0.4, -0.2) is 35.9 Å². The van der Waals surface area contributed by atoms with Crippen molar-refractivity contribution in [2.75, 3.05) is 20.1 Å². The van der Waals surface area contributed by atoms with E-state index in [0.29, 0.717) is 0 Å². The highest BCUT2D eigenvalue weighted by atomic mass is 16.1. The lowest BCUT2D eigenvalue weighted by molar-refractivity contribution is -0.126. The van der Waals surface area contributed by atoms with Crippen molar-refractivity contribution in [1.29, 1.82) is 0 Å². The molecule has 0 aromatic carbocycles. The Morgan fingerprint density at radius 3 is 3.24 bits per heavy atom. The van der Waals surface area contributed by atoms with E-state index in [0.717, 1.165) is 32.5 Å². The van der Waals surface area contributed by atoms with Gasteiger partial charge in [0.1, 0.15) is 0 Å². The summed E-state index contributed by atoms with van der Waals surface area (Å²) in [6.45, 7) is 2.82. The summed E-state index contributed by atoms with van der Waals surface area (Å²) in [7, 11) is 1.71. The number of nitrogens with zero attached hydrogens (tertiary/aromatic N) is 2. The van der Waals surface area contributed by atoms with Crippen molar-refractivity contribution >= 4 is 5.91 Å². The molecule has 2 rings (SSSR count). The number of aromatic nitrogens is 1. The number of hydrogen-bond acceptors (Lipinski definition) is 3. The van der Waals surface area contributed by atoms with Gasteiger partial charge in [-0.05, 0) is 31.0 Å². The maximum Gasteiger partial charge on any atom is 0.224 e. The van der Waals surface area contributed by atoms with Crippen LogP contribution in [0.1, 0.15) is 18.4 Å². The highest BCUT2D eigenvalue weighted by molar-refractivity contribution is 5.78. The van der Waals surface area contributed by atoms with E-state index in [-0.39, 0.29) is 11.8 Å². The number of hydrogen-bond donors (Lipinski definition) is 1. The molecule has 0 bridgehead atoms. The number of nitrogens with one attached hydrogen (secondary N) is 1. The Balaban J connectivity index is 1.92. The van der Waals surface area contributed by atoms with Crippen molar-refractivity contribution in [3.63, 3.8) is 0 Å². The van der Waals surface area contributed by atoms with Gasteiger partial charge in [-0.3, -0.25) is 14.7 Å². The second-order valence-electron chi connectivity index (χ2n) is 4.55. The Labute approximate surface area is 102 Å². The van der Waals surface area contributed by atoms with Gasteiger partial charge in [-0.2, -0.15) is 0 Å². The van der Waals surface area contributed by atoms with Crippen molar-refractivity contribution in [3.8, 4) is 0 Å². The normalized spacial score (nSPS) is 21.1. The minimum atomic E-state index is 0.144. The summed E-state index contributed by atoms with van der Waals surface area (Å²) in [6.07, 6.45) is 5.78. The van der Waals surface area contributed by atoms with E-state index >= 15 is 0 Å². The monoisotopic (exact) mass is 233 g/mol. The number of pyridine rings is 1. The fourth-order valence-electron chi connectivity index (χ4n) is 2.37. The van der Waals surface area contributed by atoms with Crippen LogP contribution < -0.4 is 5.32 Å². The van der Waals surface area contributed by atoms with E-state index in [1.807, 2.05) is 12.3 Å². The molecule has 1 aromatic heterocycles. The van der Waals surface area contributed by atoms with Crippen LogP contribution in [0, 0.1) is 5.92 Å². The zero-order valence-corrected chi connectivity index (χ0v) is 10.2. The third-order valence-electron chi connectivity index (χ3n) is 3.25. The standard InChI is InChI=1S/C13H19N3O/c1-14-13(17)12-5-3-7-16(10-12)9-11-4-2-6-15-8-11/h2,4,6,8,12H,3,5,7,9-10H2,1H3,(H,14,17). The molecule has 0 saturated carbocycles. The fraction of sp³-hybridized carbons (Fsp3) is 0.538. The summed E-state index contributed by atoms with van der Waals surface area (Å²) < 4.78 is 0. The lowest BCUT2D eigenvalue weighted by Gasteiger charge is -2.31. The summed E-state index contributed by atoms with van der Waals surface area (Å²) >= 11 is 0. The molecule has 1 amide bonds. The molecule has 1 fully saturated rings. The molecule has 1 unspecified atom stereocenters. The molecule has 1 aromatic rings. The van der Waals surface area contributed by atoms with Crippen LogP contribution in [0.4, 0.5) is 0 Å². The average Bonchev–Trinajstić information content (AvgIpc) is 2.39. The first-order valence-corrected chi connectivity index (χ1v) is 6.12. The maximum absolute atomic E-state index is 11.6. The molecule has 92 valence electrons. The van der Waals surface area contributed by atoms with Gasteiger partial charge in [-0.15, -0.1) is 0 Å². The Morgan fingerprint density at radius 2 is 2.53 bits per heavy atom. The lowest BCUT2D eigenvalue weighted by Crippen LogP contribution is -2.41. The average molecular weight is 233 g/mol. The molecule has 1 aliphatic heterocycles. The first kappa shape index (κ1) is 12.0. The van der Waals surface area contributed by atoms with Gasteiger partial charge in [0, 0.05) is 32.5 Å². The number of carbonyl (C=O) groups excluding carboxylic acids is 1. The molecule has 4 nitrogen and oxygen atoms in total. The highest BCUT2D eigenvalue weighted by Gasteiger charge is 2.24. The Hall–Kier alpha value is -1.42. The van der Waals surface area contributed by atoms with Crippen LogP contribution in [0.5, 0.6) is 0 Å². The van der Waals surface area contributed by atoms with Gasteiger partial charge in [0.05, 0.1) is 5.92 Å². The summed E-state index contributed by atoms with van der Waals surface area (Å²) in [4.78, 5) is 18.1. The molecular weight excluding hydrogens is 214 g/mol. The van der Waals surface area contributed by atoms with E-state index in [9.17, 15) is 4.79 Å². The molecule has 1 atom stereocenters. The third-order valence-corrected chi connectivity index (χ3v) is 3.25. The topological polar surface area (TPSA) is 45.2 Å². The number of rotatable bonds is 3. The van der Waals surface area contributed by atoms with Crippen LogP contribution in [0.25, 0.3) is 0 Å². The molecule has 17 heavy (non-hydrogen) atoms. The number of likely N-dealkylation sites (tertiary alicyclic amines) is 1. The Morgan fingerprint density at radius 1 is 1.65 bits per heavy atom. The summed E-state index contributed by atoms with van der Waals surface area (Å²) in [6, 6.07) is 4.03. The zero-order chi connectivity index (χ0) is 12.1. The van der Waals surface area contributed by atoms with Crippen LogP contribution in [-0.2, 0) is 11.3 Å². The smallest absolute Gasteiger partial charge is 0.224 e. The highest BCUT2D eigenvalue weighted by Crippen LogP contribution is 2.18. The molecule has 1 N–H and O–H groups in total. The van der Waals surface area contributed by atoms with Crippen LogP contribution in [0.3, 0.4) is 0 Å². The lowest BCUT2D eigenvalue weighted by atomic mass is 9.97. The maximum atomic E-state index is 11.6. The van der Waals surface area contributed by atoms with E-state index in [1.165, 1.54) is 5.56 Å². The van der Waals surface area contributed by atoms with Crippen molar-refractivity contribution in [1.82, 2.24) is 15.2 Å². The molecule has 0 aliphatic carbocycles. The quantitative estimate of drug-likeness (QED) is 0.848. The molecule has 0 spiro atoms. The number of carbonyl (C=O) groups is 1. The zero-order valence-electron chi connectivity index (χ0n) is 10.2. The molecule has 0 radical (unpaired) electrons. The van der Waals surface area contributed by atoms with Gasteiger partial charge in [-0.1, -0.05) is 6.07 Å². The molecule has 1 aliphatic rings. The molecule has 1 saturated heterocycles. The summed E-state index contributed by atoms with van der Waals surface area (Å²) in [5.74, 6) is 0.311. The van der Waals surface area contributed by atoms with Gasteiger partial charge >= 0.3 is 0 Å². The van der Waals surface area contributed by atoms with Gasteiger partial charge in [0.25, 0.3) is 0 Å². The van der Waals surface area contributed by atoms with E-state index in [1.54, 1.807) is 13.2 Å². The predicted molar refractivity (Wildman–Crippen MR) is 66.3 cm³/mol. The molecule has 2 heterocycles. The first-order chi connectivity index (χ1) is 8.29. The van der Waals surface area contributed by atoms with E-state index in [2.05, 4.69) is 21.3 Å². The number of piperidine rings is 1. The van der Waals surface area contributed by atoms with Crippen LogP contribution in [0.2, 0.25) is 0 Å². The molecule has 4 heteroatoms. The van der Waals surface area contributed by atoms with Crippen molar-refractivity contribution in [3.05, 3.63) is 30.1 Å². The van der Waals surface area contributed by atoms with Crippen molar-refractivity contribution in [2.24, 2.45) is 5.92 Å². The van der Waals surface area contributed by atoms with Gasteiger partial charge in [0.15, 0.2) is 0 Å². The second-order valence-corrected chi connectivity index (χ2v) is 4.55. The summed E-state index contributed by atoms with van der Waals surface area (Å²) in [5, 5.41) is 2.74. The van der Waals surface area contributed by atoms with Gasteiger partial charge < -0.3 is 5.32 Å².